The van der Waals surface area contributed by atoms with Crippen LogP contribution in [0.15, 0.2) is 83.1 Å². The van der Waals surface area contributed by atoms with Crippen LogP contribution in [0.25, 0.3) is 17.1 Å². The lowest BCUT2D eigenvalue weighted by Gasteiger charge is -2.12. The maximum Gasteiger partial charge on any atom is 0.250 e. The Morgan fingerprint density at radius 3 is 2.51 bits per heavy atom. The largest absolute Gasteiger partial charge is 0.493 e. The van der Waals surface area contributed by atoms with E-state index in [-0.39, 0.29) is 11.7 Å². The normalized spacial score (nSPS) is 10.9. The fraction of sp³-hybridized carbons (Fsp3) is 0.120. The van der Waals surface area contributed by atoms with Crippen LogP contribution in [0.3, 0.4) is 0 Å². The Labute approximate surface area is 211 Å². The van der Waals surface area contributed by atoms with Crippen LogP contribution in [-0.2, 0) is 4.79 Å². The molecule has 1 N–H and O–H groups in total. The maximum absolute atomic E-state index is 12.4. The fourth-order valence-electron chi connectivity index (χ4n) is 3.25. The standard InChI is InChI=1S/C25H22ClN5O3S/c1-33-21-13-12-17(14-22(21)34-2)24-29-30-25(31(24)19-9-4-3-5-10-19)35-16-23(32)28-27-15-18-8-6-7-11-20(18)26/h3-15H,16H2,1-2H3,(H,28,32). The Hall–Kier alpha value is -3.82. The van der Waals surface area contributed by atoms with Gasteiger partial charge in [-0.1, -0.05) is 59.8 Å². The first-order chi connectivity index (χ1) is 17.1. The number of carbonyl (C=O) groups excluding carboxylic acids is 1. The summed E-state index contributed by atoms with van der Waals surface area (Å²) in [6.45, 7) is 0. The van der Waals surface area contributed by atoms with Crippen molar-refractivity contribution in [3.8, 4) is 28.6 Å². The van der Waals surface area contributed by atoms with Gasteiger partial charge in [0.15, 0.2) is 22.5 Å². The maximum atomic E-state index is 12.4. The second kappa shape index (κ2) is 11.5. The van der Waals surface area contributed by atoms with Crippen LogP contribution < -0.4 is 14.9 Å². The molecular formula is C25H22ClN5O3S. The third-order valence-corrected chi connectivity index (χ3v) is 6.19. The highest BCUT2D eigenvalue weighted by Crippen LogP contribution is 2.34. The first kappa shape index (κ1) is 24.3. The van der Waals surface area contributed by atoms with Crippen LogP contribution in [0.5, 0.6) is 11.5 Å². The van der Waals surface area contributed by atoms with Gasteiger partial charge in [0.2, 0.25) is 0 Å². The number of thioether (sulfide) groups is 1. The van der Waals surface area contributed by atoms with E-state index < -0.39 is 0 Å². The predicted molar refractivity (Wildman–Crippen MR) is 138 cm³/mol. The number of methoxy groups -OCH3 is 2. The highest BCUT2D eigenvalue weighted by atomic mass is 35.5. The zero-order chi connectivity index (χ0) is 24.6. The van der Waals surface area contributed by atoms with E-state index in [4.69, 9.17) is 21.1 Å². The number of para-hydroxylation sites is 1. The minimum Gasteiger partial charge on any atom is -0.493 e. The van der Waals surface area contributed by atoms with Crippen molar-refractivity contribution in [1.82, 2.24) is 20.2 Å². The van der Waals surface area contributed by atoms with Crippen LogP contribution in [0.4, 0.5) is 0 Å². The molecular weight excluding hydrogens is 486 g/mol. The highest BCUT2D eigenvalue weighted by Gasteiger charge is 2.18. The van der Waals surface area contributed by atoms with Crippen molar-refractivity contribution in [2.45, 2.75) is 5.16 Å². The number of hydrogen-bond donors (Lipinski definition) is 1. The number of carbonyl (C=O) groups is 1. The van der Waals surface area contributed by atoms with Crippen LogP contribution >= 0.6 is 23.4 Å². The molecule has 0 bridgehead atoms. The number of amides is 1. The van der Waals surface area contributed by atoms with E-state index in [1.54, 1.807) is 20.3 Å². The number of benzene rings is 3. The van der Waals surface area contributed by atoms with Gasteiger partial charge in [0.1, 0.15) is 0 Å². The van der Waals surface area contributed by atoms with Gasteiger partial charge >= 0.3 is 0 Å². The lowest BCUT2D eigenvalue weighted by atomic mass is 10.2. The Morgan fingerprint density at radius 1 is 1.03 bits per heavy atom. The summed E-state index contributed by atoms with van der Waals surface area (Å²) in [4.78, 5) is 12.4. The fourth-order valence-corrected chi connectivity index (χ4v) is 4.18. The third-order valence-electron chi connectivity index (χ3n) is 4.92. The van der Waals surface area contributed by atoms with Crippen molar-refractivity contribution in [3.05, 3.63) is 83.4 Å². The van der Waals surface area contributed by atoms with Crippen molar-refractivity contribution < 1.29 is 14.3 Å². The summed E-state index contributed by atoms with van der Waals surface area (Å²) in [7, 11) is 3.17. The summed E-state index contributed by atoms with van der Waals surface area (Å²) in [5.41, 5.74) is 4.88. The lowest BCUT2D eigenvalue weighted by Crippen LogP contribution is -2.20. The monoisotopic (exact) mass is 507 g/mol. The quantitative estimate of drug-likeness (QED) is 0.198. The van der Waals surface area contributed by atoms with E-state index >= 15 is 0 Å². The second-order valence-electron chi connectivity index (χ2n) is 7.15. The van der Waals surface area contributed by atoms with E-state index in [0.717, 1.165) is 11.3 Å². The van der Waals surface area contributed by atoms with E-state index in [1.165, 1.54) is 18.0 Å². The molecule has 0 aliphatic carbocycles. The van der Waals surface area contributed by atoms with E-state index in [0.29, 0.717) is 33.1 Å². The summed E-state index contributed by atoms with van der Waals surface area (Å²) < 4.78 is 12.7. The Kier molecular flexibility index (Phi) is 8.02. The van der Waals surface area contributed by atoms with Crippen molar-refractivity contribution in [2.24, 2.45) is 5.10 Å². The number of hydrogen-bond acceptors (Lipinski definition) is 7. The first-order valence-electron chi connectivity index (χ1n) is 10.5. The van der Waals surface area contributed by atoms with Gasteiger partial charge < -0.3 is 9.47 Å². The Bertz CT molecular complexity index is 1340. The lowest BCUT2D eigenvalue weighted by molar-refractivity contribution is -0.118. The topological polar surface area (TPSA) is 90.6 Å². The van der Waals surface area contributed by atoms with Crippen LogP contribution in [0.2, 0.25) is 5.02 Å². The SMILES string of the molecule is COc1ccc(-c2nnc(SCC(=O)NN=Cc3ccccc3Cl)n2-c2ccccc2)cc1OC. The minimum absolute atomic E-state index is 0.0940. The molecule has 0 saturated carbocycles. The van der Waals surface area contributed by atoms with E-state index in [9.17, 15) is 4.79 Å². The molecule has 1 aromatic heterocycles. The molecule has 0 radical (unpaired) electrons. The molecule has 178 valence electrons. The molecule has 0 spiro atoms. The van der Waals surface area contributed by atoms with Gasteiger partial charge in [0, 0.05) is 21.8 Å². The minimum atomic E-state index is -0.284. The average Bonchev–Trinajstić information content (AvgIpc) is 3.32. The van der Waals surface area contributed by atoms with Gasteiger partial charge in [-0.25, -0.2) is 5.43 Å². The molecule has 4 aromatic rings. The number of rotatable bonds is 9. The molecule has 0 atom stereocenters. The molecule has 1 heterocycles. The van der Waals surface area contributed by atoms with Crippen LogP contribution in [0, 0.1) is 0 Å². The first-order valence-corrected chi connectivity index (χ1v) is 11.9. The molecule has 1 amide bonds. The van der Waals surface area contributed by atoms with Gasteiger partial charge in [-0.3, -0.25) is 9.36 Å². The zero-order valence-corrected chi connectivity index (χ0v) is 20.6. The zero-order valence-electron chi connectivity index (χ0n) is 19.0. The van der Waals surface area contributed by atoms with Gasteiger partial charge in [0.25, 0.3) is 5.91 Å². The number of nitrogens with zero attached hydrogens (tertiary/aromatic N) is 4. The third kappa shape index (κ3) is 5.82. The number of ether oxygens (including phenoxy) is 2. The van der Waals surface area contributed by atoms with Gasteiger partial charge in [-0.05, 0) is 36.4 Å². The smallest absolute Gasteiger partial charge is 0.250 e. The number of hydrazone groups is 1. The molecule has 8 nitrogen and oxygen atoms in total. The van der Waals surface area contributed by atoms with Crippen LogP contribution in [0.1, 0.15) is 5.56 Å². The highest BCUT2D eigenvalue weighted by molar-refractivity contribution is 7.99. The molecule has 0 fully saturated rings. The summed E-state index contributed by atoms with van der Waals surface area (Å²) in [6.07, 6.45) is 1.51. The van der Waals surface area contributed by atoms with Crippen molar-refractivity contribution in [2.75, 3.05) is 20.0 Å². The summed E-state index contributed by atoms with van der Waals surface area (Å²) in [5.74, 6) is 1.62. The van der Waals surface area contributed by atoms with E-state index in [2.05, 4.69) is 20.7 Å². The molecule has 3 aromatic carbocycles. The Morgan fingerprint density at radius 2 is 1.77 bits per heavy atom. The molecule has 0 aliphatic heterocycles. The average molecular weight is 508 g/mol. The molecule has 0 unspecified atom stereocenters. The van der Waals surface area contributed by atoms with Gasteiger partial charge in [0.05, 0.1) is 26.2 Å². The van der Waals surface area contributed by atoms with Gasteiger partial charge in [-0.2, -0.15) is 5.10 Å². The molecule has 0 saturated heterocycles. The number of aromatic nitrogens is 3. The number of halogens is 1. The molecule has 10 heteroatoms. The summed E-state index contributed by atoms with van der Waals surface area (Å²) >= 11 is 7.36. The van der Waals surface area contributed by atoms with Gasteiger partial charge in [-0.15, -0.1) is 10.2 Å². The van der Waals surface area contributed by atoms with Crippen molar-refractivity contribution in [3.63, 3.8) is 0 Å². The predicted octanol–water partition coefficient (Wildman–Crippen LogP) is 4.85. The molecule has 35 heavy (non-hydrogen) atoms. The van der Waals surface area contributed by atoms with Crippen molar-refractivity contribution in [1.29, 1.82) is 0 Å². The van der Waals surface area contributed by atoms with Crippen molar-refractivity contribution >= 4 is 35.5 Å². The molecule has 0 aliphatic rings. The summed E-state index contributed by atoms with van der Waals surface area (Å²) in [5, 5.41) is 13.9. The molecule has 4 rings (SSSR count). The second-order valence-corrected chi connectivity index (χ2v) is 8.50. The Balaban J connectivity index is 1.55. The number of nitrogens with one attached hydrogen (secondary N) is 1. The van der Waals surface area contributed by atoms with Crippen LogP contribution in [-0.4, -0.2) is 46.9 Å². The van der Waals surface area contributed by atoms with E-state index in [1.807, 2.05) is 71.3 Å². The summed E-state index contributed by atoms with van der Waals surface area (Å²) in [6, 6.07) is 22.5.